The Morgan fingerprint density at radius 2 is 2.09 bits per heavy atom. The number of ether oxygens (including phenoxy) is 2. The van der Waals surface area contributed by atoms with E-state index in [4.69, 9.17) is 31.8 Å². The Kier molecular flexibility index (Phi) is 5.82. The van der Waals surface area contributed by atoms with Crippen LogP contribution in [0.4, 0.5) is 16.2 Å². The lowest BCUT2D eigenvalue weighted by Gasteiger charge is -2.29. The lowest BCUT2D eigenvalue weighted by atomic mass is 9.98. The van der Waals surface area contributed by atoms with Gasteiger partial charge in [-0.3, -0.25) is 0 Å². The number of rotatable bonds is 5. The monoisotopic (exact) mass is 558 g/mol. The van der Waals surface area contributed by atoms with Crippen LogP contribution in [-0.2, 0) is 9.47 Å². The fraction of sp³-hybridized carbons (Fsp3) is 0.375. The number of fused-ring (bicyclic) bond motifs is 3. The van der Waals surface area contributed by atoms with Crippen LogP contribution >= 0.6 is 27.5 Å². The van der Waals surface area contributed by atoms with E-state index >= 15 is 0 Å². The quantitative estimate of drug-likeness (QED) is 0.398. The van der Waals surface area contributed by atoms with Crippen molar-refractivity contribution >= 4 is 56.2 Å². The first kappa shape index (κ1) is 22.6. The summed E-state index contributed by atoms with van der Waals surface area (Å²) in [5.41, 5.74) is 9.31. The van der Waals surface area contributed by atoms with Crippen molar-refractivity contribution in [3.05, 3.63) is 46.0 Å². The number of nitrogens with one attached hydrogen (secondary N) is 2. The fourth-order valence-corrected chi connectivity index (χ4v) is 6.02. The molecule has 9 nitrogen and oxygen atoms in total. The molecule has 182 valence electrons. The zero-order valence-electron chi connectivity index (χ0n) is 18.7. The van der Waals surface area contributed by atoms with Crippen molar-refractivity contribution < 1.29 is 14.3 Å². The summed E-state index contributed by atoms with van der Waals surface area (Å²) in [6.07, 6.45) is 5.81. The van der Waals surface area contributed by atoms with Gasteiger partial charge in [0.05, 0.1) is 34.4 Å². The molecule has 35 heavy (non-hydrogen) atoms. The van der Waals surface area contributed by atoms with Gasteiger partial charge in [0.15, 0.2) is 5.65 Å². The van der Waals surface area contributed by atoms with E-state index in [9.17, 15) is 4.79 Å². The Morgan fingerprint density at radius 3 is 2.86 bits per heavy atom. The predicted octanol–water partition coefficient (Wildman–Crippen LogP) is 4.33. The molecule has 0 unspecified atom stereocenters. The second kappa shape index (κ2) is 9.00. The SMILES string of the molecule is NC(=O)O[C@@H]1[C@H](Nc2c(Br)cnc3nc(-c4ccc(N5CCOCC5)cc4Cl)[nH]c23)[C@H]2C=C[C@@H]1C2. The largest absolute Gasteiger partial charge is 0.444 e. The summed E-state index contributed by atoms with van der Waals surface area (Å²) in [4.78, 5) is 26.4. The first-order valence-electron chi connectivity index (χ1n) is 11.6. The average molecular weight is 560 g/mol. The molecule has 3 heterocycles. The molecule has 1 aromatic carbocycles. The van der Waals surface area contributed by atoms with E-state index in [2.05, 4.69) is 54.3 Å². The molecule has 6 rings (SSSR count). The van der Waals surface area contributed by atoms with Crippen molar-refractivity contribution in [3.63, 3.8) is 0 Å². The lowest BCUT2D eigenvalue weighted by molar-refractivity contribution is 0.0854. The number of hydrogen-bond donors (Lipinski definition) is 3. The number of hydrogen-bond acceptors (Lipinski definition) is 7. The van der Waals surface area contributed by atoms with Crippen LogP contribution in [-0.4, -0.2) is 59.5 Å². The second-order valence-corrected chi connectivity index (χ2v) is 10.3. The summed E-state index contributed by atoms with van der Waals surface area (Å²) < 4.78 is 11.7. The molecule has 11 heteroatoms. The maximum Gasteiger partial charge on any atom is 0.404 e. The third kappa shape index (κ3) is 4.13. The highest BCUT2D eigenvalue weighted by Crippen LogP contribution is 2.44. The number of nitrogens with two attached hydrogens (primary N) is 1. The van der Waals surface area contributed by atoms with Crippen molar-refractivity contribution in [1.29, 1.82) is 0 Å². The molecule has 3 aromatic rings. The van der Waals surface area contributed by atoms with E-state index in [-0.39, 0.29) is 24.0 Å². The van der Waals surface area contributed by atoms with Gasteiger partial charge in [0.1, 0.15) is 17.4 Å². The third-order valence-corrected chi connectivity index (χ3v) is 7.92. The number of primary amides is 1. The number of carbonyl (C=O) groups excluding carboxylic acids is 1. The zero-order valence-corrected chi connectivity index (χ0v) is 21.1. The zero-order chi connectivity index (χ0) is 24.1. The van der Waals surface area contributed by atoms with Crippen molar-refractivity contribution in [3.8, 4) is 11.4 Å². The second-order valence-electron chi connectivity index (χ2n) is 9.05. The number of aromatic amines is 1. The molecule has 0 radical (unpaired) electrons. The first-order valence-corrected chi connectivity index (χ1v) is 12.7. The van der Waals surface area contributed by atoms with Crippen molar-refractivity contribution in [2.24, 2.45) is 17.6 Å². The maximum atomic E-state index is 11.5. The maximum absolute atomic E-state index is 11.5. The molecule has 2 aromatic heterocycles. The van der Waals surface area contributed by atoms with Gasteiger partial charge in [0, 0.05) is 42.4 Å². The number of pyridine rings is 1. The number of amides is 1. The molecule has 3 aliphatic rings. The third-order valence-electron chi connectivity index (χ3n) is 7.01. The minimum Gasteiger partial charge on any atom is -0.444 e. The molecule has 1 saturated heterocycles. The normalized spacial score (nSPS) is 25.4. The number of aromatic nitrogens is 3. The Labute approximate surface area is 215 Å². The Balaban J connectivity index is 1.32. The average Bonchev–Trinajstić information content (AvgIpc) is 3.57. The Bertz CT molecular complexity index is 1320. The van der Waals surface area contributed by atoms with Gasteiger partial charge in [-0.05, 0) is 40.5 Å². The number of carbonyl (C=O) groups is 1. The minimum atomic E-state index is -0.763. The van der Waals surface area contributed by atoms with Gasteiger partial charge in [0.25, 0.3) is 0 Å². The van der Waals surface area contributed by atoms with Crippen molar-refractivity contribution in [2.75, 3.05) is 36.5 Å². The van der Waals surface area contributed by atoms with Gasteiger partial charge < -0.3 is 30.4 Å². The van der Waals surface area contributed by atoms with E-state index in [1.807, 2.05) is 12.1 Å². The van der Waals surface area contributed by atoms with Gasteiger partial charge in [-0.15, -0.1) is 0 Å². The summed E-state index contributed by atoms with van der Waals surface area (Å²) in [7, 11) is 0. The lowest BCUT2D eigenvalue weighted by Crippen LogP contribution is -2.41. The molecular formula is C24H24BrClN6O3. The van der Waals surface area contributed by atoms with Crippen LogP contribution in [0.3, 0.4) is 0 Å². The molecule has 2 aliphatic carbocycles. The highest BCUT2D eigenvalue weighted by atomic mass is 79.9. The van der Waals surface area contributed by atoms with Crippen LogP contribution in [0.25, 0.3) is 22.6 Å². The summed E-state index contributed by atoms with van der Waals surface area (Å²) in [6.45, 7) is 3.10. The number of morpholine rings is 1. The van der Waals surface area contributed by atoms with E-state index in [0.29, 0.717) is 29.7 Å². The standard InChI is InChI=1S/C24H24BrClN6O3/c25-16-11-28-23-20(19(16)29-18-12-1-2-13(9-12)21(18)35-24(27)33)30-22(31-23)15-4-3-14(10-17(15)26)32-5-7-34-8-6-32/h1-4,10-13,18,21H,5-9H2,(H2,27,33)(H2,28,29,30,31)/t12-,13+,18+,21-/m0/s1. The molecule has 4 N–H and O–H groups in total. The predicted molar refractivity (Wildman–Crippen MR) is 138 cm³/mol. The van der Waals surface area contributed by atoms with E-state index in [0.717, 1.165) is 46.4 Å². The number of anilines is 2. The smallest absolute Gasteiger partial charge is 0.404 e. The molecule has 0 spiro atoms. The van der Waals surface area contributed by atoms with E-state index in [1.54, 1.807) is 6.20 Å². The molecule has 1 saturated carbocycles. The topological polar surface area (TPSA) is 118 Å². The highest BCUT2D eigenvalue weighted by Gasteiger charge is 2.47. The highest BCUT2D eigenvalue weighted by molar-refractivity contribution is 9.10. The van der Waals surface area contributed by atoms with Crippen molar-refractivity contribution in [2.45, 2.75) is 18.6 Å². The van der Waals surface area contributed by atoms with E-state index in [1.165, 1.54) is 0 Å². The van der Waals surface area contributed by atoms with Crippen LogP contribution in [0.2, 0.25) is 5.02 Å². The first-order chi connectivity index (χ1) is 17.0. The van der Waals surface area contributed by atoms with Gasteiger partial charge >= 0.3 is 6.09 Å². The summed E-state index contributed by atoms with van der Waals surface area (Å²) in [5.74, 6) is 1.02. The van der Waals surface area contributed by atoms with Crippen LogP contribution in [0.5, 0.6) is 0 Å². The summed E-state index contributed by atoms with van der Waals surface area (Å²) in [6, 6.07) is 5.88. The molecule has 4 atom stereocenters. The number of H-pyrrole nitrogens is 1. The van der Waals surface area contributed by atoms with Gasteiger partial charge in [-0.2, -0.15) is 0 Å². The Hall–Kier alpha value is -2.82. The van der Waals surface area contributed by atoms with Crippen LogP contribution in [0, 0.1) is 11.8 Å². The molecule has 1 amide bonds. The number of nitrogens with zero attached hydrogens (tertiary/aromatic N) is 3. The molecule has 1 aliphatic heterocycles. The van der Waals surface area contributed by atoms with Crippen LogP contribution in [0.1, 0.15) is 6.42 Å². The minimum absolute atomic E-state index is 0.109. The summed E-state index contributed by atoms with van der Waals surface area (Å²) in [5, 5.41) is 4.18. The molecule has 2 fully saturated rings. The van der Waals surface area contributed by atoms with Gasteiger partial charge in [-0.25, -0.2) is 14.8 Å². The molecule has 2 bridgehead atoms. The Morgan fingerprint density at radius 1 is 1.29 bits per heavy atom. The number of benzene rings is 1. The molecular weight excluding hydrogens is 536 g/mol. The van der Waals surface area contributed by atoms with Crippen molar-refractivity contribution in [1.82, 2.24) is 15.0 Å². The van der Waals surface area contributed by atoms with Crippen LogP contribution in [0.15, 0.2) is 41.0 Å². The number of imidazole rings is 1. The van der Waals surface area contributed by atoms with E-state index < -0.39 is 6.09 Å². The van der Waals surface area contributed by atoms with Gasteiger partial charge in [0.2, 0.25) is 0 Å². The van der Waals surface area contributed by atoms with Gasteiger partial charge in [-0.1, -0.05) is 23.8 Å². The number of halogens is 2. The fourth-order valence-electron chi connectivity index (χ4n) is 5.34. The summed E-state index contributed by atoms with van der Waals surface area (Å²) >= 11 is 10.3. The van der Waals surface area contributed by atoms with Crippen LogP contribution < -0.4 is 16.0 Å².